The molecular weight excluding hydrogens is 259 g/mol. The molecule has 0 amide bonds. The average Bonchev–Trinajstić information content (AvgIpc) is 2.07. The maximum absolute atomic E-state index is 13.4. The van der Waals surface area contributed by atoms with Gasteiger partial charge in [0.05, 0.1) is 0 Å². The highest BCUT2D eigenvalue weighted by molar-refractivity contribution is 9.10. The number of hydrogen-bond acceptors (Lipinski definition) is 1. The number of Topliss-reactive ketones (excluding diaryl/α,β-unsaturated/α-hetero) is 1. The van der Waals surface area contributed by atoms with Crippen molar-refractivity contribution in [2.24, 2.45) is 5.92 Å². The minimum Gasteiger partial charge on any atom is -0.299 e. The molecule has 0 saturated heterocycles. The summed E-state index contributed by atoms with van der Waals surface area (Å²) in [6.45, 7) is 0. The number of carbonyl (C=O) groups is 1. The normalized spacial score (nSPS) is 16.1. The van der Waals surface area contributed by atoms with Gasteiger partial charge in [0.1, 0.15) is 11.6 Å². The number of carbonyl (C=O) groups excluding carboxylic acids is 1. The maximum Gasteiger partial charge on any atom is 0.140 e. The number of halogens is 2. The summed E-state index contributed by atoms with van der Waals surface area (Å²) in [5.41, 5.74) is 0.509. The molecule has 0 radical (unpaired) electrons. The maximum atomic E-state index is 13.4. The predicted molar refractivity (Wildman–Crippen MR) is 60.2 cm³/mol. The van der Waals surface area contributed by atoms with Gasteiger partial charge >= 0.3 is 0 Å². The highest BCUT2D eigenvalue weighted by atomic mass is 79.9. The molecule has 1 aromatic rings. The van der Waals surface area contributed by atoms with Gasteiger partial charge < -0.3 is 0 Å². The van der Waals surface area contributed by atoms with Crippen LogP contribution in [0.15, 0.2) is 22.7 Å². The van der Waals surface area contributed by atoms with Crippen LogP contribution in [0.4, 0.5) is 4.39 Å². The molecule has 0 spiro atoms. The molecule has 0 N–H and O–H groups in total. The molecule has 0 heterocycles. The van der Waals surface area contributed by atoms with Crippen LogP contribution in [0.3, 0.4) is 0 Å². The van der Waals surface area contributed by atoms with E-state index < -0.39 is 0 Å². The second kappa shape index (κ2) is 4.44. The highest BCUT2D eigenvalue weighted by Crippen LogP contribution is 2.28. The van der Waals surface area contributed by atoms with Crippen LogP contribution in [-0.2, 0) is 11.2 Å². The van der Waals surface area contributed by atoms with Crippen molar-refractivity contribution < 1.29 is 9.18 Å². The summed E-state index contributed by atoms with van der Waals surface area (Å²) >= 11 is 3.19. The Hall–Kier alpha value is -0.700. The Labute approximate surface area is 96.8 Å². The summed E-state index contributed by atoms with van der Waals surface area (Å²) in [4.78, 5) is 11.7. The Balaban J connectivity index is 2.06. The van der Waals surface area contributed by atoms with Gasteiger partial charge in [0.2, 0.25) is 0 Å². The first-order valence-corrected chi connectivity index (χ1v) is 5.93. The van der Waals surface area contributed by atoms with E-state index in [9.17, 15) is 9.18 Å². The van der Waals surface area contributed by atoms with Crippen molar-refractivity contribution >= 4 is 21.7 Å². The summed E-state index contributed by atoms with van der Waals surface area (Å²) < 4.78 is 14.1. The molecule has 0 aromatic heterocycles. The lowest BCUT2D eigenvalue weighted by atomic mass is 9.80. The minimum atomic E-state index is -0.294. The van der Waals surface area contributed by atoms with E-state index in [0.29, 0.717) is 10.0 Å². The molecule has 0 unspecified atom stereocenters. The SMILES string of the molecule is O=C(Cc1ccc(Br)cc1F)C1CCC1. The fourth-order valence-corrected chi connectivity index (χ4v) is 2.06. The molecule has 2 rings (SSSR count). The Morgan fingerprint density at radius 3 is 2.73 bits per heavy atom. The van der Waals surface area contributed by atoms with Crippen LogP contribution < -0.4 is 0 Å². The zero-order valence-electron chi connectivity index (χ0n) is 8.30. The second-order valence-electron chi connectivity index (χ2n) is 4.01. The number of benzene rings is 1. The predicted octanol–water partition coefficient (Wildman–Crippen LogP) is 3.50. The zero-order valence-corrected chi connectivity index (χ0v) is 9.89. The first-order valence-electron chi connectivity index (χ1n) is 5.13. The van der Waals surface area contributed by atoms with Crippen LogP contribution in [-0.4, -0.2) is 5.78 Å². The monoisotopic (exact) mass is 270 g/mol. The Morgan fingerprint density at radius 1 is 1.47 bits per heavy atom. The van der Waals surface area contributed by atoms with E-state index in [1.807, 2.05) is 0 Å². The molecular formula is C12H12BrFO. The van der Waals surface area contributed by atoms with Crippen LogP contribution in [0, 0.1) is 11.7 Å². The molecule has 0 atom stereocenters. The number of rotatable bonds is 3. The van der Waals surface area contributed by atoms with Gasteiger partial charge in [-0.2, -0.15) is 0 Å². The Morgan fingerprint density at radius 2 is 2.20 bits per heavy atom. The summed E-state index contributed by atoms with van der Waals surface area (Å²) in [6.07, 6.45) is 3.34. The van der Waals surface area contributed by atoms with Crippen molar-refractivity contribution in [3.63, 3.8) is 0 Å². The van der Waals surface area contributed by atoms with Crippen LogP contribution >= 0.6 is 15.9 Å². The van der Waals surface area contributed by atoms with Gasteiger partial charge in [-0.05, 0) is 30.5 Å². The van der Waals surface area contributed by atoms with Gasteiger partial charge in [0.15, 0.2) is 0 Å². The van der Waals surface area contributed by atoms with Crippen molar-refractivity contribution in [3.8, 4) is 0 Å². The Bertz CT molecular complexity index is 385. The lowest BCUT2D eigenvalue weighted by Crippen LogP contribution is -2.23. The molecule has 0 aliphatic heterocycles. The standard InChI is InChI=1S/C12H12BrFO/c13-10-5-4-9(11(14)7-10)6-12(15)8-2-1-3-8/h4-5,7-8H,1-3,6H2. The van der Waals surface area contributed by atoms with Gasteiger partial charge in [-0.25, -0.2) is 4.39 Å². The van der Waals surface area contributed by atoms with E-state index in [2.05, 4.69) is 15.9 Å². The van der Waals surface area contributed by atoms with Gasteiger partial charge in [-0.15, -0.1) is 0 Å². The minimum absolute atomic E-state index is 0.183. The van der Waals surface area contributed by atoms with E-state index in [4.69, 9.17) is 0 Å². The topological polar surface area (TPSA) is 17.1 Å². The molecule has 0 bridgehead atoms. The third kappa shape index (κ3) is 2.46. The second-order valence-corrected chi connectivity index (χ2v) is 4.92. The van der Waals surface area contributed by atoms with Gasteiger partial charge in [0, 0.05) is 16.8 Å². The first-order chi connectivity index (χ1) is 7.16. The van der Waals surface area contributed by atoms with Gasteiger partial charge in [-0.3, -0.25) is 4.79 Å². The first kappa shape index (κ1) is 10.8. The van der Waals surface area contributed by atoms with Crippen LogP contribution in [0.5, 0.6) is 0 Å². The van der Waals surface area contributed by atoms with Crippen molar-refractivity contribution in [1.82, 2.24) is 0 Å². The Kier molecular flexibility index (Phi) is 3.19. The molecule has 1 fully saturated rings. The lowest BCUT2D eigenvalue weighted by molar-refractivity contribution is -0.124. The van der Waals surface area contributed by atoms with E-state index >= 15 is 0 Å². The fraction of sp³-hybridized carbons (Fsp3) is 0.417. The number of hydrogen-bond donors (Lipinski definition) is 0. The fourth-order valence-electron chi connectivity index (χ4n) is 1.73. The van der Waals surface area contributed by atoms with E-state index in [-0.39, 0.29) is 23.9 Å². The third-order valence-electron chi connectivity index (χ3n) is 2.94. The molecule has 1 aliphatic rings. The van der Waals surface area contributed by atoms with E-state index in [1.54, 1.807) is 12.1 Å². The summed E-state index contributed by atoms with van der Waals surface area (Å²) in [5, 5.41) is 0. The zero-order chi connectivity index (χ0) is 10.8. The van der Waals surface area contributed by atoms with E-state index in [0.717, 1.165) is 19.3 Å². The van der Waals surface area contributed by atoms with Gasteiger partial charge in [0.25, 0.3) is 0 Å². The summed E-state index contributed by atoms with van der Waals surface area (Å²) in [6, 6.07) is 4.85. The smallest absolute Gasteiger partial charge is 0.140 e. The third-order valence-corrected chi connectivity index (χ3v) is 3.43. The highest BCUT2D eigenvalue weighted by Gasteiger charge is 2.25. The average molecular weight is 271 g/mol. The molecule has 80 valence electrons. The van der Waals surface area contributed by atoms with Crippen LogP contribution in [0.2, 0.25) is 0 Å². The molecule has 1 nitrogen and oxygen atoms in total. The lowest BCUT2D eigenvalue weighted by Gasteiger charge is -2.23. The van der Waals surface area contributed by atoms with Crippen LogP contribution in [0.1, 0.15) is 24.8 Å². The van der Waals surface area contributed by atoms with Crippen molar-refractivity contribution in [2.75, 3.05) is 0 Å². The summed E-state index contributed by atoms with van der Waals surface area (Å²) in [7, 11) is 0. The largest absolute Gasteiger partial charge is 0.299 e. The van der Waals surface area contributed by atoms with Crippen molar-refractivity contribution in [2.45, 2.75) is 25.7 Å². The molecule has 1 saturated carbocycles. The summed E-state index contributed by atoms with van der Waals surface area (Å²) in [5.74, 6) is 0.0765. The van der Waals surface area contributed by atoms with Crippen LogP contribution in [0.25, 0.3) is 0 Å². The van der Waals surface area contributed by atoms with Gasteiger partial charge in [-0.1, -0.05) is 28.4 Å². The molecule has 1 aromatic carbocycles. The molecule has 1 aliphatic carbocycles. The van der Waals surface area contributed by atoms with Crippen molar-refractivity contribution in [3.05, 3.63) is 34.1 Å². The molecule has 3 heteroatoms. The quantitative estimate of drug-likeness (QED) is 0.822. The van der Waals surface area contributed by atoms with Crippen molar-refractivity contribution in [1.29, 1.82) is 0 Å². The molecule has 15 heavy (non-hydrogen) atoms. The van der Waals surface area contributed by atoms with E-state index in [1.165, 1.54) is 6.07 Å². The number of ketones is 1.